The molecule has 2 aliphatic carbocycles. The van der Waals surface area contributed by atoms with Crippen LogP contribution in [0.1, 0.15) is 126 Å². The highest BCUT2D eigenvalue weighted by Gasteiger charge is 2.49. The van der Waals surface area contributed by atoms with Gasteiger partial charge in [0.1, 0.15) is 54.6 Å². The maximum absolute atomic E-state index is 15.6. The number of pyridine rings is 2. The van der Waals surface area contributed by atoms with E-state index in [0.29, 0.717) is 87.1 Å². The normalized spacial score (nSPS) is 18.3. The third-order valence-electron chi connectivity index (χ3n) is 16.3. The molecule has 7 N–H and O–H groups in total. The molecule has 91 heavy (non-hydrogen) atoms. The van der Waals surface area contributed by atoms with E-state index < -0.39 is 157 Å². The topological polar surface area (TPSA) is 358 Å². The molecular formula is C63H73FN10O17. The number of ether oxygens (including phenoxy) is 4. The summed E-state index contributed by atoms with van der Waals surface area (Å²) in [4.78, 5) is 167. The Hall–Kier alpha value is -9.44. The molecular weight excluding hydrogens is 1190 g/mol. The number of halogens is 1. The van der Waals surface area contributed by atoms with Crippen LogP contribution in [-0.4, -0.2) is 158 Å². The monoisotopic (exact) mass is 1260 g/mol. The molecule has 2 aromatic heterocycles. The first kappa shape index (κ1) is 66.0. The van der Waals surface area contributed by atoms with E-state index in [1.54, 1.807) is 91.8 Å². The van der Waals surface area contributed by atoms with Gasteiger partial charge in [0.05, 0.1) is 61.2 Å². The number of imide groups is 1. The SMILES string of the molecule is CC[C@@]1(O)C(=O)OCc2c1cc1n(c2=O)Cc2c-1nc1cc(F)c(C)c3c1c2[C@@H](NC(=O)C1(OCNC(=O)CNC(=O)[C@H](Cc2ccccc2)NC(=O)CNC(=O)CNC(=O)[C@H](CN(CC(=O)OC(C)(C)C)C(=O)OC(C)(C)C)N2C(=O)C=CC2=O)CCC1)CC3. The smallest absolute Gasteiger partial charge is 0.410 e. The van der Waals surface area contributed by atoms with Crippen molar-refractivity contribution in [3.8, 4) is 11.4 Å². The summed E-state index contributed by atoms with van der Waals surface area (Å²) >= 11 is 0. The Morgan fingerprint density at radius 3 is 2.12 bits per heavy atom. The summed E-state index contributed by atoms with van der Waals surface area (Å²) in [7, 11) is 0. The lowest BCUT2D eigenvalue weighted by Crippen LogP contribution is -2.57. The van der Waals surface area contributed by atoms with Gasteiger partial charge in [0.15, 0.2) is 5.60 Å². The number of rotatable bonds is 22. The van der Waals surface area contributed by atoms with E-state index in [4.69, 9.17) is 23.9 Å². The number of aryl methyl sites for hydroxylation is 1. The third-order valence-corrected chi connectivity index (χ3v) is 16.3. The maximum atomic E-state index is 15.6. The molecule has 0 radical (unpaired) electrons. The molecule has 1 saturated carbocycles. The molecule has 1 fully saturated rings. The highest BCUT2D eigenvalue weighted by atomic mass is 19.1. The summed E-state index contributed by atoms with van der Waals surface area (Å²) in [5.74, 6) is -8.96. The Kier molecular flexibility index (Phi) is 19.0. The Morgan fingerprint density at radius 1 is 0.835 bits per heavy atom. The van der Waals surface area contributed by atoms with Gasteiger partial charge in [-0.1, -0.05) is 37.3 Å². The number of aliphatic hydroxyl groups is 1. The van der Waals surface area contributed by atoms with Gasteiger partial charge in [-0.2, -0.15) is 0 Å². The second kappa shape index (κ2) is 26.2. The van der Waals surface area contributed by atoms with Crippen LogP contribution in [0.2, 0.25) is 0 Å². The van der Waals surface area contributed by atoms with Crippen molar-refractivity contribution in [1.82, 2.24) is 51.3 Å². The lowest BCUT2D eigenvalue weighted by atomic mass is 9.77. The molecule has 9 rings (SSSR count). The molecule has 3 aliphatic heterocycles. The Labute approximate surface area is 521 Å². The second-order valence-corrected chi connectivity index (χ2v) is 25.0. The van der Waals surface area contributed by atoms with Crippen LogP contribution in [0, 0.1) is 12.7 Å². The number of aromatic nitrogens is 2. The van der Waals surface area contributed by atoms with Crippen LogP contribution in [0.15, 0.2) is 59.4 Å². The molecule has 484 valence electrons. The molecule has 0 spiro atoms. The number of cyclic esters (lactones) is 1. The van der Waals surface area contributed by atoms with Gasteiger partial charge in [-0.15, -0.1) is 0 Å². The van der Waals surface area contributed by atoms with Crippen LogP contribution in [-0.2, 0) is 98.5 Å². The van der Waals surface area contributed by atoms with E-state index in [9.17, 15) is 62.6 Å². The number of nitrogens with zero attached hydrogens (tertiary/aromatic N) is 4. The van der Waals surface area contributed by atoms with Gasteiger partial charge in [0.2, 0.25) is 29.5 Å². The van der Waals surface area contributed by atoms with Crippen molar-refractivity contribution in [3.63, 3.8) is 0 Å². The maximum Gasteiger partial charge on any atom is 0.410 e. The van der Waals surface area contributed by atoms with Crippen molar-refractivity contribution in [2.24, 2.45) is 0 Å². The van der Waals surface area contributed by atoms with Gasteiger partial charge in [-0.3, -0.25) is 57.7 Å². The zero-order valence-electron chi connectivity index (χ0n) is 51.7. The second-order valence-electron chi connectivity index (χ2n) is 25.0. The lowest BCUT2D eigenvalue weighted by molar-refractivity contribution is -0.172. The third kappa shape index (κ3) is 14.3. The van der Waals surface area contributed by atoms with Crippen LogP contribution in [0.5, 0.6) is 0 Å². The molecule has 5 heterocycles. The molecule has 4 aromatic rings. The summed E-state index contributed by atoms with van der Waals surface area (Å²) in [6.45, 7) is 8.33. The number of nitrogens with one attached hydrogen (secondary N) is 6. The molecule has 0 unspecified atom stereocenters. The minimum atomic E-state index is -2.08. The van der Waals surface area contributed by atoms with Crippen LogP contribution in [0.4, 0.5) is 9.18 Å². The van der Waals surface area contributed by atoms with E-state index in [1.807, 2.05) is 0 Å². The summed E-state index contributed by atoms with van der Waals surface area (Å²) in [6, 6.07) is 7.69. The summed E-state index contributed by atoms with van der Waals surface area (Å²) in [5.41, 5.74) is -1.80. The van der Waals surface area contributed by atoms with Crippen LogP contribution >= 0.6 is 0 Å². The van der Waals surface area contributed by atoms with Gasteiger partial charge >= 0.3 is 18.0 Å². The van der Waals surface area contributed by atoms with E-state index in [-0.39, 0.29) is 37.1 Å². The molecule has 2 aromatic carbocycles. The van der Waals surface area contributed by atoms with Crippen LogP contribution < -0.4 is 37.5 Å². The summed E-state index contributed by atoms with van der Waals surface area (Å²) < 4.78 is 39.2. The zero-order chi connectivity index (χ0) is 66.1. The van der Waals surface area contributed by atoms with Crippen molar-refractivity contribution >= 4 is 76.2 Å². The molecule has 27 nitrogen and oxygen atoms in total. The number of fused-ring (bicyclic) bond motifs is 5. The number of amides is 9. The van der Waals surface area contributed by atoms with Crippen LogP contribution in [0.3, 0.4) is 0 Å². The molecule has 4 atom stereocenters. The quantitative estimate of drug-likeness (QED) is 0.0224. The minimum Gasteiger partial charge on any atom is -0.459 e. The van der Waals surface area contributed by atoms with E-state index in [0.717, 1.165) is 17.1 Å². The fourth-order valence-corrected chi connectivity index (χ4v) is 11.6. The zero-order valence-corrected chi connectivity index (χ0v) is 51.7. The average Bonchev–Trinajstić information content (AvgIpc) is 1.67. The number of carbonyl (C=O) groups is 11. The van der Waals surface area contributed by atoms with Gasteiger partial charge in [0.25, 0.3) is 23.3 Å². The van der Waals surface area contributed by atoms with Gasteiger partial charge in [0, 0.05) is 41.2 Å². The first-order valence-electron chi connectivity index (χ1n) is 29.8. The molecule has 0 saturated heterocycles. The minimum absolute atomic E-state index is 0.0292. The number of benzene rings is 2. The van der Waals surface area contributed by atoms with Crippen molar-refractivity contribution < 1.29 is 81.2 Å². The van der Waals surface area contributed by atoms with Crippen molar-refractivity contribution in [3.05, 3.63) is 110 Å². The fraction of sp³-hybridized carbons (Fsp3) is 0.476. The summed E-state index contributed by atoms with van der Waals surface area (Å²) in [6.07, 6.45) is 2.52. The Morgan fingerprint density at radius 2 is 1.48 bits per heavy atom. The average molecular weight is 1260 g/mol. The summed E-state index contributed by atoms with van der Waals surface area (Å²) in [5, 5.41) is 27.5. The first-order valence-corrected chi connectivity index (χ1v) is 29.8. The van der Waals surface area contributed by atoms with Crippen molar-refractivity contribution in [1.29, 1.82) is 0 Å². The number of carbonyl (C=O) groups excluding carboxylic acids is 11. The Balaban J connectivity index is 0.802. The van der Waals surface area contributed by atoms with Gasteiger partial charge in [-0.25, -0.2) is 19.0 Å². The highest BCUT2D eigenvalue weighted by Crippen LogP contribution is 2.47. The number of esters is 2. The molecule has 9 amide bonds. The number of hydrogen-bond donors (Lipinski definition) is 7. The molecule has 28 heteroatoms. The molecule has 0 bridgehead atoms. The van der Waals surface area contributed by atoms with Crippen molar-refractivity contribution in [2.75, 3.05) is 39.5 Å². The standard InChI is InChI=1S/C63H73FN10O17/c1-9-63(87)38-23-43-53-36(28-73(43)56(83)37(38)31-88-58(63)85)52-40(17-16-35-33(2)39(64)24-41(70-53)51(35)52)71-57(84)62(20-13-21-62)89-32-68-46(76)26-66-54(81)42(22-34-14-11-10-12-15-34)69-47(77)27-65-45(75)25-67-55(82)44(74-48(78)18-19-49(74)79)29-72(59(86)91-61(6,7)8)30-50(80)90-60(3,4)5/h10-12,14-15,18-19,23-24,40,42,44,87H,9,13,16-17,20-22,25-32H2,1-8H3,(H,65,75)(H,66,81)(H,67,82)(H,68,76)(H,69,77)(H,71,84)/t40-,42-,44-,63-/m0/s1. The predicted octanol–water partition coefficient (Wildman–Crippen LogP) is 1.59. The Bertz CT molecular complexity index is 3760. The van der Waals surface area contributed by atoms with E-state index >= 15 is 4.39 Å². The highest BCUT2D eigenvalue weighted by molar-refractivity contribution is 6.15. The van der Waals surface area contributed by atoms with Gasteiger partial charge in [-0.05, 0) is 115 Å². The van der Waals surface area contributed by atoms with Crippen LogP contribution in [0.25, 0.3) is 22.3 Å². The fourth-order valence-electron chi connectivity index (χ4n) is 11.6. The largest absolute Gasteiger partial charge is 0.459 e. The first-order chi connectivity index (χ1) is 42.9. The lowest BCUT2D eigenvalue weighted by Gasteiger charge is -2.41. The van der Waals surface area contributed by atoms with E-state index in [2.05, 4.69) is 31.9 Å². The van der Waals surface area contributed by atoms with Crippen molar-refractivity contribution in [2.45, 2.75) is 154 Å². The molecule has 5 aliphatic rings. The predicted molar refractivity (Wildman–Crippen MR) is 319 cm³/mol. The van der Waals surface area contributed by atoms with Gasteiger partial charge < -0.3 is 60.5 Å². The van der Waals surface area contributed by atoms with E-state index in [1.165, 1.54) is 10.6 Å². The number of hydrogen-bond acceptors (Lipinski definition) is 18.